The molecule has 2 aliphatic heterocycles. The first kappa shape index (κ1) is 34.3. The summed E-state index contributed by atoms with van der Waals surface area (Å²) in [5.41, 5.74) is 3.34. The van der Waals surface area contributed by atoms with Crippen LogP contribution >= 0.6 is 11.3 Å². The monoisotopic (exact) mass is 699 g/mol. The standard InChI is InChI=1S/C27H21F5N6O2S.C7H13N/c1-4-18(39)38-8-7-37(11-12(38)2)25-14-9-16(27(30,31)32)20(21(29)22(14)35-26(36-25)40-3)13-5-6-17(28)23-19(13)15(10-33)24(34)41-23;1-8-5-4-7(6-8)2-3-7/h4-6,9,12H,1,7-8,11,34H2,2-3H3;2-6H2,1H3. The van der Waals surface area contributed by atoms with Crippen molar-refractivity contribution in [3.8, 4) is 23.2 Å². The van der Waals surface area contributed by atoms with Gasteiger partial charge in [-0.25, -0.2) is 8.78 Å². The quantitative estimate of drug-likeness (QED) is 0.188. The third kappa shape index (κ3) is 6.23. The minimum Gasteiger partial charge on any atom is -0.467 e. The van der Waals surface area contributed by atoms with Gasteiger partial charge >= 0.3 is 12.2 Å². The van der Waals surface area contributed by atoms with Crippen LogP contribution in [0.15, 0.2) is 30.9 Å². The van der Waals surface area contributed by atoms with Crippen LogP contribution in [-0.2, 0) is 11.0 Å². The van der Waals surface area contributed by atoms with Crippen molar-refractivity contribution in [2.75, 3.05) is 57.5 Å². The fourth-order valence-corrected chi connectivity index (χ4v) is 7.81. The van der Waals surface area contributed by atoms with Crippen LogP contribution in [0.1, 0.15) is 37.3 Å². The molecule has 258 valence electrons. The van der Waals surface area contributed by atoms with Gasteiger partial charge < -0.3 is 25.2 Å². The number of hydrogen-bond acceptors (Lipinski definition) is 9. The molecule has 3 fully saturated rings. The van der Waals surface area contributed by atoms with E-state index in [2.05, 4.69) is 28.5 Å². The number of alkyl halides is 3. The van der Waals surface area contributed by atoms with E-state index in [1.54, 1.807) is 22.8 Å². The summed E-state index contributed by atoms with van der Waals surface area (Å²) in [6, 6.07) is 3.76. The van der Waals surface area contributed by atoms with E-state index in [4.69, 9.17) is 10.5 Å². The molecule has 1 atom stereocenters. The van der Waals surface area contributed by atoms with Gasteiger partial charge in [0.15, 0.2) is 5.82 Å². The van der Waals surface area contributed by atoms with Gasteiger partial charge in [0, 0.05) is 48.6 Å². The van der Waals surface area contributed by atoms with Gasteiger partial charge in [0.1, 0.15) is 28.2 Å². The summed E-state index contributed by atoms with van der Waals surface area (Å²) in [5.74, 6) is -2.48. The summed E-state index contributed by atoms with van der Waals surface area (Å²) in [4.78, 5) is 26.1. The van der Waals surface area contributed by atoms with Gasteiger partial charge in [-0.05, 0) is 69.0 Å². The highest BCUT2D eigenvalue weighted by atomic mass is 32.1. The molecular formula is C34H34F5N7O2S. The van der Waals surface area contributed by atoms with E-state index in [1.165, 1.54) is 45.5 Å². The fraction of sp³-hybridized carbons (Fsp3) is 0.412. The van der Waals surface area contributed by atoms with Crippen LogP contribution < -0.4 is 15.4 Å². The number of carbonyl (C=O) groups excluding carboxylic acids is 1. The predicted molar refractivity (Wildman–Crippen MR) is 178 cm³/mol. The number of nitrogen functional groups attached to an aromatic ring is 1. The van der Waals surface area contributed by atoms with Crippen molar-refractivity contribution in [1.29, 1.82) is 5.26 Å². The summed E-state index contributed by atoms with van der Waals surface area (Å²) >= 11 is 0.683. The maximum atomic E-state index is 16.4. The average Bonchev–Trinajstić information content (AvgIpc) is 3.59. The molecule has 2 saturated heterocycles. The first-order chi connectivity index (χ1) is 23.2. The highest BCUT2D eigenvalue weighted by molar-refractivity contribution is 7.23. The molecule has 1 amide bonds. The maximum absolute atomic E-state index is 16.4. The molecule has 4 aromatic rings. The Balaban J connectivity index is 0.000000451. The Bertz CT molecular complexity index is 2020. The maximum Gasteiger partial charge on any atom is 0.417 e. The molecule has 15 heteroatoms. The van der Waals surface area contributed by atoms with Crippen LogP contribution in [0.4, 0.5) is 32.8 Å². The van der Waals surface area contributed by atoms with Gasteiger partial charge in [0.25, 0.3) is 0 Å². The van der Waals surface area contributed by atoms with Crippen LogP contribution in [0.5, 0.6) is 6.01 Å². The minimum atomic E-state index is -5.07. The van der Waals surface area contributed by atoms with Gasteiger partial charge in [0.05, 0.1) is 22.9 Å². The molecular weight excluding hydrogens is 665 g/mol. The molecule has 3 aliphatic rings. The van der Waals surface area contributed by atoms with Gasteiger partial charge in [-0.1, -0.05) is 12.6 Å². The fourth-order valence-electron chi connectivity index (χ4n) is 6.86. The van der Waals surface area contributed by atoms with Crippen LogP contribution in [0.3, 0.4) is 0 Å². The Hall–Kier alpha value is -4.55. The average molecular weight is 700 g/mol. The van der Waals surface area contributed by atoms with E-state index in [-0.39, 0.29) is 75.0 Å². The lowest BCUT2D eigenvalue weighted by atomic mass is 9.92. The SMILES string of the molecule is C=CC(=O)N1CCN(c2nc(OC)nc3c(F)c(-c4ccc(F)c5sc(N)c(C#N)c45)c(C(F)(F)F)cc23)CC1C.CN1CCC2(CC2)C1. The number of carbonyl (C=O) groups is 1. The van der Waals surface area contributed by atoms with E-state index in [9.17, 15) is 27.6 Å². The zero-order valence-corrected chi connectivity index (χ0v) is 27.9. The molecule has 1 saturated carbocycles. The number of hydrogen-bond donors (Lipinski definition) is 1. The Kier molecular flexibility index (Phi) is 8.91. The number of rotatable bonds is 4. The van der Waals surface area contributed by atoms with Crippen molar-refractivity contribution >= 4 is 49.1 Å². The zero-order chi connectivity index (χ0) is 35.4. The van der Waals surface area contributed by atoms with Gasteiger partial charge in [-0.15, -0.1) is 11.3 Å². The van der Waals surface area contributed by atoms with Crippen molar-refractivity contribution in [2.24, 2.45) is 5.41 Å². The molecule has 0 bridgehead atoms. The lowest BCUT2D eigenvalue weighted by Gasteiger charge is -2.40. The van der Waals surface area contributed by atoms with E-state index in [0.717, 1.165) is 23.6 Å². The number of amides is 1. The van der Waals surface area contributed by atoms with Crippen molar-refractivity contribution in [1.82, 2.24) is 19.8 Å². The van der Waals surface area contributed by atoms with E-state index < -0.39 is 34.5 Å². The summed E-state index contributed by atoms with van der Waals surface area (Å²) in [6.45, 7) is 8.55. The van der Waals surface area contributed by atoms with Crippen LogP contribution in [0, 0.1) is 28.4 Å². The number of halogens is 5. The van der Waals surface area contributed by atoms with Crippen LogP contribution in [-0.4, -0.2) is 78.6 Å². The molecule has 1 aliphatic carbocycles. The number of aromatic nitrogens is 2. The minimum absolute atomic E-state index is 0.0119. The topological polar surface area (TPSA) is 112 Å². The molecule has 9 nitrogen and oxygen atoms in total. The van der Waals surface area contributed by atoms with Crippen molar-refractivity contribution in [3.05, 3.63) is 53.6 Å². The highest BCUT2D eigenvalue weighted by Crippen LogP contribution is 2.52. The molecule has 1 unspecified atom stereocenters. The number of ether oxygens (including phenoxy) is 1. The van der Waals surface area contributed by atoms with Gasteiger partial charge in [-0.2, -0.15) is 28.4 Å². The number of nitrogens with two attached hydrogens (primary N) is 1. The number of thiophene rings is 1. The molecule has 49 heavy (non-hydrogen) atoms. The molecule has 0 radical (unpaired) electrons. The van der Waals surface area contributed by atoms with Gasteiger partial charge in [0.2, 0.25) is 5.91 Å². The first-order valence-corrected chi connectivity index (χ1v) is 16.5. The summed E-state index contributed by atoms with van der Waals surface area (Å²) < 4.78 is 79.9. The number of benzene rings is 2. The van der Waals surface area contributed by atoms with Crippen LogP contribution in [0.25, 0.3) is 32.1 Å². The normalized spacial score (nSPS) is 18.8. The van der Waals surface area contributed by atoms with E-state index >= 15 is 4.39 Å². The van der Waals surface area contributed by atoms with Crippen molar-refractivity contribution in [2.45, 2.75) is 38.4 Å². The van der Waals surface area contributed by atoms with Crippen LogP contribution in [0.2, 0.25) is 0 Å². The lowest BCUT2D eigenvalue weighted by Crippen LogP contribution is -2.54. The number of anilines is 2. The molecule has 2 aromatic heterocycles. The molecule has 4 heterocycles. The van der Waals surface area contributed by atoms with Crippen molar-refractivity contribution in [3.63, 3.8) is 0 Å². The molecule has 1 spiro atoms. The Morgan fingerprint density at radius 1 is 1.20 bits per heavy atom. The zero-order valence-electron chi connectivity index (χ0n) is 27.1. The number of fused-ring (bicyclic) bond motifs is 2. The highest BCUT2D eigenvalue weighted by Gasteiger charge is 2.46. The van der Waals surface area contributed by atoms with Crippen molar-refractivity contribution < 1.29 is 31.5 Å². The molecule has 7 rings (SSSR count). The second-order valence-corrected chi connectivity index (χ2v) is 13.9. The predicted octanol–water partition coefficient (Wildman–Crippen LogP) is 6.60. The summed E-state index contributed by atoms with van der Waals surface area (Å²) in [7, 11) is 3.46. The molecule has 2 N–H and O–H groups in total. The third-order valence-electron chi connectivity index (χ3n) is 9.55. The number of piperazine rings is 1. The second kappa shape index (κ2) is 12.7. The Labute approximate surface area is 283 Å². The summed E-state index contributed by atoms with van der Waals surface area (Å²) in [6.07, 6.45) is 0.601. The second-order valence-electron chi connectivity index (χ2n) is 12.8. The Morgan fingerprint density at radius 3 is 2.49 bits per heavy atom. The van der Waals surface area contributed by atoms with Gasteiger partial charge in [-0.3, -0.25) is 4.79 Å². The number of nitrogens with zero attached hydrogens (tertiary/aromatic N) is 6. The smallest absolute Gasteiger partial charge is 0.417 e. The number of likely N-dealkylation sites (tertiary alicyclic amines) is 1. The Morgan fingerprint density at radius 2 is 1.94 bits per heavy atom. The number of nitriles is 1. The third-order valence-corrected chi connectivity index (χ3v) is 10.6. The van der Waals surface area contributed by atoms with E-state index in [0.29, 0.717) is 11.3 Å². The number of methoxy groups -OCH3 is 1. The van der Waals surface area contributed by atoms with E-state index in [1.807, 2.05) is 0 Å². The lowest BCUT2D eigenvalue weighted by molar-refractivity contribution is -0.137. The largest absolute Gasteiger partial charge is 0.467 e. The summed E-state index contributed by atoms with van der Waals surface area (Å²) in [5, 5.41) is 9.07. The first-order valence-electron chi connectivity index (χ1n) is 15.6. The molecule has 2 aromatic carbocycles.